The first-order valence-electron chi connectivity index (χ1n) is 8.59. The number of phenols is 1. The van der Waals surface area contributed by atoms with Crippen LogP contribution in [0.15, 0.2) is 36.7 Å². The van der Waals surface area contributed by atoms with Gasteiger partial charge in [0.2, 0.25) is 0 Å². The predicted octanol–water partition coefficient (Wildman–Crippen LogP) is 3.22. The van der Waals surface area contributed by atoms with Crippen molar-refractivity contribution in [2.75, 3.05) is 25.9 Å². The molecule has 0 bridgehead atoms. The quantitative estimate of drug-likeness (QED) is 0.697. The molecule has 1 aromatic carbocycles. The zero-order chi connectivity index (χ0) is 18.5. The van der Waals surface area contributed by atoms with Crippen LogP contribution in [0.1, 0.15) is 19.3 Å². The summed E-state index contributed by atoms with van der Waals surface area (Å²) in [5.41, 5.74) is 6.73. The molecule has 0 unspecified atom stereocenters. The molecular formula is C19H22FN5O. The first-order chi connectivity index (χ1) is 12.6. The van der Waals surface area contributed by atoms with Crippen molar-refractivity contribution in [2.24, 2.45) is 0 Å². The minimum absolute atomic E-state index is 0.270. The van der Waals surface area contributed by atoms with Gasteiger partial charge >= 0.3 is 0 Å². The monoisotopic (exact) mass is 355 g/mol. The molecule has 0 atom stereocenters. The van der Waals surface area contributed by atoms with Crippen LogP contribution in [0, 0.1) is 5.82 Å². The minimum atomic E-state index is -0.710. The molecule has 0 aliphatic carbocycles. The number of phenolic OH excluding ortho intramolecular Hbond substituents is 1. The van der Waals surface area contributed by atoms with Crippen LogP contribution in [0.25, 0.3) is 22.0 Å². The maximum absolute atomic E-state index is 13.4. The zero-order valence-corrected chi connectivity index (χ0v) is 14.7. The first kappa shape index (κ1) is 18.0. The Morgan fingerprint density at radius 1 is 1.08 bits per heavy atom. The number of halogens is 1. The van der Waals surface area contributed by atoms with Crippen molar-refractivity contribution >= 4 is 16.6 Å². The second-order valence-electron chi connectivity index (χ2n) is 6.39. The van der Waals surface area contributed by atoms with Crippen LogP contribution in [0.5, 0.6) is 5.75 Å². The number of pyridine rings is 1. The van der Waals surface area contributed by atoms with Crippen LogP contribution < -0.4 is 5.73 Å². The number of likely N-dealkylation sites (tertiary alicyclic amines) is 1. The number of rotatable bonds is 1. The SMILES string of the molecule is CN1CCCCC1.Nc1nnc(-c2ccc(O)c(F)c2)c2ccncc12. The third-order valence-corrected chi connectivity index (χ3v) is 4.41. The topological polar surface area (TPSA) is 88.2 Å². The maximum Gasteiger partial charge on any atom is 0.165 e. The molecule has 26 heavy (non-hydrogen) atoms. The highest BCUT2D eigenvalue weighted by molar-refractivity contribution is 5.98. The standard InChI is InChI=1S/C13H9FN4O.C6H13N/c14-10-5-7(1-2-11(10)19)12-8-3-4-16-6-9(8)13(15)18-17-12;1-7-5-3-2-4-6-7/h1-6,19H,(H2,15,18);2-6H2,1H3. The highest BCUT2D eigenvalue weighted by Gasteiger charge is 2.11. The Bertz CT molecular complexity index is 896. The lowest BCUT2D eigenvalue weighted by Crippen LogP contribution is -2.24. The number of piperidine rings is 1. The van der Waals surface area contributed by atoms with Crippen molar-refractivity contribution in [3.63, 3.8) is 0 Å². The molecule has 0 spiro atoms. The van der Waals surface area contributed by atoms with Crippen LogP contribution in [0.2, 0.25) is 0 Å². The van der Waals surface area contributed by atoms with E-state index in [1.54, 1.807) is 24.5 Å². The number of hydrogen-bond acceptors (Lipinski definition) is 6. The minimum Gasteiger partial charge on any atom is -0.505 e. The molecule has 136 valence electrons. The molecule has 3 N–H and O–H groups in total. The van der Waals surface area contributed by atoms with Gasteiger partial charge in [0.1, 0.15) is 5.69 Å². The Hall–Kier alpha value is -2.80. The van der Waals surface area contributed by atoms with Crippen LogP contribution >= 0.6 is 0 Å². The van der Waals surface area contributed by atoms with Crippen LogP contribution in [0.4, 0.5) is 10.2 Å². The van der Waals surface area contributed by atoms with E-state index in [1.165, 1.54) is 44.5 Å². The van der Waals surface area contributed by atoms with E-state index in [0.717, 1.165) is 5.39 Å². The molecule has 3 aromatic rings. The van der Waals surface area contributed by atoms with E-state index in [1.807, 2.05) is 0 Å². The van der Waals surface area contributed by atoms with Gasteiger partial charge in [0.05, 0.1) is 0 Å². The van der Waals surface area contributed by atoms with E-state index >= 15 is 0 Å². The third-order valence-electron chi connectivity index (χ3n) is 4.41. The first-order valence-corrected chi connectivity index (χ1v) is 8.59. The zero-order valence-electron chi connectivity index (χ0n) is 14.7. The Balaban J connectivity index is 0.000000236. The van der Waals surface area contributed by atoms with Crippen molar-refractivity contribution < 1.29 is 9.50 Å². The molecule has 2 aromatic heterocycles. The molecule has 0 radical (unpaired) electrons. The fourth-order valence-electron chi connectivity index (χ4n) is 2.94. The average Bonchev–Trinajstić information content (AvgIpc) is 2.66. The summed E-state index contributed by atoms with van der Waals surface area (Å²) in [6.07, 6.45) is 7.46. The van der Waals surface area contributed by atoms with Gasteiger partial charge in [-0.25, -0.2) is 4.39 Å². The molecule has 0 amide bonds. The fraction of sp³-hybridized carbons (Fsp3) is 0.316. The van der Waals surface area contributed by atoms with Gasteiger partial charge in [-0.2, -0.15) is 0 Å². The summed E-state index contributed by atoms with van der Waals surface area (Å²) in [5.74, 6) is -0.845. The number of nitrogens with two attached hydrogens (primary N) is 1. The van der Waals surface area contributed by atoms with E-state index in [2.05, 4.69) is 27.1 Å². The number of hydrogen-bond donors (Lipinski definition) is 2. The normalized spacial score (nSPS) is 14.7. The van der Waals surface area contributed by atoms with E-state index in [-0.39, 0.29) is 5.82 Å². The van der Waals surface area contributed by atoms with Crippen LogP contribution in [0.3, 0.4) is 0 Å². The van der Waals surface area contributed by atoms with Crippen LogP contribution in [-0.2, 0) is 0 Å². The lowest BCUT2D eigenvalue weighted by atomic mass is 10.1. The van der Waals surface area contributed by atoms with Crippen molar-refractivity contribution in [3.8, 4) is 17.0 Å². The number of nitrogen functional groups attached to an aromatic ring is 1. The fourth-order valence-corrected chi connectivity index (χ4v) is 2.94. The van der Waals surface area contributed by atoms with E-state index < -0.39 is 11.6 Å². The highest BCUT2D eigenvalue weighted by Crippen LogP contribution is 2.29. The molecule has 6 nitrogen and oxygen atoms in total. The Labute approximate surface area is 151 Å². The smallest absolute Gasteiger partial charge is 0.165 e. The summed E-state index contributed by atoms with van der Waals surface area (Å²) >= 11 is 0. The van der Waals surface area contributed by atoms with Crippen molar-refractivity contribution in [1.29, 1.82) is 0 Å². The Kier molecular flexibility index (Phi) is 5.58. The average molecular weight is 355 g/mol. The summed E-state index contributed by atoms with van der Waals surface area (Å²) in [6.45, 7) is 2.64. The van der Waals surface area contributed by atoms with Gasteiger partial charge in [0.15, 0.2) is 17.4 Å². The molecule has 1 fully saturated rings. The number of fused-ring (bicyclic) bond motifs is 1. The van der Waals surface area contributed by atoms with E-state index in [9.17, 15) is 9.50 Å². The number of benzene rings is 1. The van der Waals surface area contributed by atoms with E-state index in [4.69, 9.17) is 5.73 Å². The molecule has 1 aliphatic heterocycles. The molecule has 7 heteroatoms. The largest absolute Gasteiger partial charge is 0.505 e. The van der Waals surface area contributed by atoms with Crippen molar-refractivity contribution in [1.82, 2.24) is 20.1 Å². The van der Waals surface area contributed by atoms with Gasteiger partial charge in [0.25, 0.3) is 0 Å². The number of aromatic nitrogens is 3. The summed E-state index contributed by atoms with van der Waals surface area (Å²) in [4.78, 5) is 6.37. The van der Waals surface area contributed by atoms with E-state index in [0.29, 0.717) is 16.6 Å². The second-order valence-corrected chi connectivity index (χ2v) is 6.39. The molecule has 0 saturated carbocycles. The molecule has 1 saturated heterocycles. The number of aromatic hydroxyl groups is 1. The Morgan fingerprint density at radius 3 is 2.50 bits per heavy atom. The summed E-state index contributed by atoms with van der Waals surface area (Å²) in [7, 11) is 2.19. The van der Waals surface area contributed by atoms with Crippen molar-refractivity contribution in [2.45, 2.75) is 19.3 Å². The lowest BCUT2D eigenvalue weighted by molar-refractivity contribution is 0.277. The van der Waals surface area contributed by atoms with Gasteiger partial charge in [-0.3, -0.25) is 4.98 Å². The van der Waals surface area contributed by atoms with Gasteiger partial charge < -0.3 is 15.7 Å². The van der Waals surface area contributed by atoms with Gasteiger partial charge in [-0.15, -0.1) is 10.2 Å². The lowest BCUT2D eigenvalue weighted by Gasteiger charge is -2.20. The Morgan fingerprint density at radius 2 is 1.85 bits per heavy atom. The number of anilines is 1. The second kappa shape index (κ2) is 8.05. The van der Waals surface area contributed by atoms with Gasteiger partial charge in [-0.1, -0.05) is 6.42 Å². The summed E-state index contributed by atoms with van der Waals surface area (Å²) < 4.78 is 13.4. The maximum atomic E-state index is 13.4. The molecule has 1 aliphatic rings. The van der Waals surface area contributed by atoms with Gasteiger partial charge in [-0.05, 0) is 57.2 Å². The summed E-state index contributed by atoms with van der Waals surface area (Å²) in [6, 6.07) is 5.78. The summed E-state index contributed by atoms with van der Waals surface area (Å²) in [5, 5.41) is 18.4. The van der Waals surface area contributed by atoms with Crippen molar-refractivity contribution in [3.05, 3.63) is 42.5 Å². The molecular weight excluding hydrogens is 333 g/mol. The molecule has 3 heterocycles. The van der Waals surface area contributed by atoms with Crippen LogP contribution in [-0.4, -0.2) is 45.3 Å². The highest BCUT2D eigenvalue weighted by atomic mass is 19.1. The third kappa shape index (κ3) is 4.05. The number of nitrogens with zero attached hydrogens (tertiary/aromatic N) is 4. The van der Waals surface area contributed by atoms with Gasteiger partial charge in [0, 0.05) is 28.7 Å². The predicted molar refractivity (Wildman–Crippen MR) is 100 cm³/mol. The molecule has 4 rings (SSSR count).